The van der Waals surface area contributed by atoms with Crippen molar-refractivity contribution in [3.63, 3.8) is 0 Å². The number of aryl methyl sites for hydroxylation is 2. The number of aromatic nitrogens is 4. The monoisotopic (exact) mass is 359 g/mol. The van der Waals surface area contributed by atoms with Gasteiger partial charge in [0.15, 0.2) is 0 Å². The highest BCUT2D eigenvalue weighted by Crippen LogP contribution is 2.20. The summed E-state index contributed by atoms with van der Waals surface area (Å²) in [6, 6.07) is 13.5. The second kappa shape index (κ2) is 7.07. The Morgan fingerprint density at radius 1 is 1.19 bits per heavy atom. The van der Waals surface area contributed by atoms with E-state index in [-0.39, 0.29) is 5.91 Å². The van der Waals surface area contributed by atoms with Crippen molar-refractivity contribution in [2.75, 3.05) is 5.32 Å². The van der Waals surface area contributed by atoms with E-state index in [9.17, 15) is 4.79 Å². The molecule has 1 amide bonds. The first-order valence-electron chi connectivity index (χ1n) is 8.95. The van der Waals surface area contributed by atoms with Crippen molar-refractivity contribution in [1.29, 1.82) is 0 Å². The highest BCUT2D eigenvalue weighted by Gasteiger charge is 2.10. The van der Waals surface area contributed by atoms with Crippen molar-refractivity contribution >= 4 is 22.6 Å². The maximum atomic E-state index is 12.7. The summed E-state index contributed by atoms with van der Waals surface area (Å²) in [5.41, 5.74) is 4.37. The minimum absolute atomic E-state index is 0.131. The minimum Gasteiger partial charge on any atom is -0.333 e. The van der Waals surface area contributed by atoms with E-state index in [4.69, 9.17) is 0 Å². The fourth-order valence-corrected chi connectivity index (χ4v) is 3.25. The van der Waals surface area contributed by atoms with Gasteiger partial charge in [-0.2, -0.15) is 0 Å². The molecular formula is C21H21N5O. The molecule has 27 heavy (non-hydrogen) atoms. The summed E-state index contributed by atoms with van der Waals surface area (Å²) >= 11 is 0. The number of carbonyl (C=O) groups excluding carboxylic acids is 1. The molecule has 0 aliphatic carbocycles. The van der Waals surface area contributed by atoms with Gasteiger partial charge in [0.2, 0.25) is 0 Å². The number of hydrogen-bond acceptors (Lipinski definition) is 3. The summed E-state index contributed by atoms with van der Waals surface area (Å²) in [4.78, 5) is 21.4. The summed E-state index contributed by atoms with van der Waals surface area (Å²) in [6.07, 6.45) is 6.28. The summed E-state index contributed by atoms with van der Waals surface area (Å²) in [5.74, 6) is 0.897. The van der Waals surface area contributed by atoms with Crippen LogP contribution >= 0.6 is 0 Å². The summed E-state index contributed by atoms with van der Waals surface area (Å²) in [6.45, 7) is 2.77. The average molecular weight is 359 g/mol. The van der Waals surface area contributed by atoms with E-state index in [0.717, 1.165) is 34.5 Å². The first-order valence-corrected chi connectivity index (χ1v) is 8.95. The lowest BCUT2D eigenvalue weighted by Gasteiger charge is -2.08. The molecule has 4 aromatic rings. The van der Waals surface area contributed by atoms with Crippen LogP contribution in [0.5, 0.6) is 0 Å². The molecule has 6 heteroatoms. The molecule has 0 atom stereocenters. The van der Waals surface area contributed by atoms with Crippen LogP contribution in [0.25, 0.3) is 11.0 Å². The van der Waals surface area contributed by atoms with Crippen LogP contribution in [0, 0.1) is 0 Å². The highest BCUT2D eigenvalue weighted by atomic mass is 16.1. The van der Waals surface area contributed by atoms with Crippen molar-refractivity contribution in [2.45, 2.75) is 19.9 Å². The third-order valence-electron chi connectivity index (χ3n) is 4.66. The maximum absolute atomic E-state index is 12.7. The molecule has 2 aromatic heterocycles. The van der Waals surface area contributed by atoms with Crippen molar-refractivity contribution in [3.05, 3.63) is 78.1 Å². The predicted octanol–water partition coefficient (Wildman–Crippen LogP) is 3.63. The van der Waals surface area contributed by atoms with Gasteiger partial charge in [0.25, 0.3) is 5.91 Å². The Labute approximate surface area is 157 Å². The quantitative estimate of drug-likeness (QED) is 0.592. The van der Waals surface area contributed by atoms with Crippen molar-refractivity contribution in [2.24, 2.45) is 7.05 Å². The first kappa shape index (κ1) is 17.0. The Morgan fingerprint density at radius 3 is 2.85 bits per heavy atom. The second-order valence-electron chi connectivity index (χ2n) is 6.53. The lowest BCUT2D eigenvalue weighted by Crippen LogP contribution is -2.12. The lowest BCUT2D eigenvalue weighted by molar-refractivity contribution is 0.102. The molecule has 136 valence electrons. The van der Waals surface area contributed by atoms with Crippen molar-refractivity contribution < 1.29 is 4.79 Å². The Bertz CT molecular complexity index is 1100. The van der Waals surface area contributed by atoms with Crippen LogP contribution in [0.15, 0.2) is 61.2 Å². The van der Waals surface area contributed by atoms with Crippen LogP contribution in [0.2, 0.25) is 0 Å². The fraction of sp³-hybridized carbons (Fsp3) is 0.190. The van der Waals surface area contributed by atoms with Crippen LogP contribution < -0.4 is 5.32 Å². The zero-order valence-electron chi connectivity index (χ0n) is 15.4. The Morgan fingerprint density at radius 2 is 2.07 bits per heavy atom. The van der Waals surface area contributed by atoms with Crippen LogP contribution in [-0.2, 0) is 20.0 Å². The molecule has 0 bridgehead atoms. The van der Waals surface area contributed by atoms with E-state index < -0.39 is 0 Å². The minimum atomic E-state index is -0.131. The van der Waals surface area contributed by atoms with E-state index in [1.54, 1.807) is 12.5 Å². The molecular weight excluding hydrogens is 338 g/mol. The van der Waals surface area contributed by atoms with Crippen LogP contribution in [0.1, 0.15) is 28.7 Å². The van der Waals surface area contributed by atoms with Crippen LogP contribution in [-0.4, -0.2) is 25.0 Å². The third kappa shape index (κ3) is 3.46. The average Bonchev–Trinajstić information content (AvgIpc) is 3.29. The van der Waals surface area contributed by atoms with Gasteiger partial charge in [-0.3, -0.25) is 4.79 Å². The number of nitrogens with one attached hydrogen (secondary N) is 1. The standard InChI is InChI=1S/C21H21N5O/c1-3-20-24-18-12-17(7-8-19(18)25(20)2)23-21(27)16-6-4-5-15(11-16)13-26-10-9-22-14-26/h4-12,14H,3,13H2,1-2H3,(H,23,27). The number of nitrogens with zero attached hydrogens (tertiary/aromatic N) is 4. The number of imidazole rings is 2. The van der Waals surface area contributed by atoms with Gasteiger partial charge in [0, 0.05) is 43.7 Å². The normalized spacial score (nSPS) is 11.0. The predicted molar refractivity (Wildman–Crippen MR) is 106 cm³/mol. The van der Waals surface area contributed by atoms with E-state index >= 15 is 0 Å². The zero-order valence-corrected chi connectivity index (χ0v) is 15.4. The van der Waals surface area contributed by atoms with E-state index in [1.165, 1.54) is 0 Å². The Balaban J connectivity index is 1.54. The molecule has 0 aliphatic rings. The molecule has 2 aromatic carbocycles. The number of carbonyl (C=O) groups is 1. The van der Waals surface area contributed by atoms with E-state index in [0.29, 0.717) is 12.1 Å². The van der Waals surface area contributed by atoms with Crippen LogP contribution in [0.3, 0.4) is 0 Å². The zero-order chi connectivity index (χ0) is 18.8. The van der Waals surface area contributed by atoms with Gasteiger partial charge in [0.05, 0.1) is 17.4 Å². The molecule has 0 spiro atoms. The van der Waals surface area contributed by atoms with Gasteiger partial charge in [-0.1, -0.05) is 19.1 Å². The molecule has 2 heterocycles. The molecule has 4 rings (SSSR count). The van der Waals surface area contributed by atoms with Gasteiger partial charge < -0.3 is 14.5 Å². The Hall–Kier alpha value is -3.41. The summed E-state index contributed by atoms with van der Waals surface area (Å²) in [7, 11) is 2.01. The number of fused-ring (bicyclic) bond motifs is 1. The largest absolute Gasteiger partial charge is 0.333 e. The summed E-state index contributed by atoms with van der Waals surface area (Å²) in [5, 5.41) is 2.98. The van der Waals surface area contributed by atoms with Gasteiger partial charge in [-0.25, -0.2) is 9.97 Å². The molecule has 0 saturated heterocycles. The van der Waals surface area contributed by atoms with Gasteiger partial charge >= 0.3 is 0 Å². The number of anilines is 1. The molecule has 0 aliphatic heterocycles. The van der Waals surface area contributed by atoms with Crippen LogP contribution in [0.4, 0.5) is 5.69 Å². The van der Waals surface area contributed by atoms with Gasteiger partial charge in [-0.15, -0.1) is 0 Å². The lowest BCUT2D eigenvalue weighted by atomic mass is 10.1. The molecule has 6 nitrogen and oxygen atoms in total. The fourth-order valence-electron chi connectivity index (χ4n) is 3.25. The second-order valence-corrected chi connectivity index (χ2v) is 6.53. The molecule has 0 unspecified atom stereocenters. The molecule has 0 radical (unpaired) electrons. The van der Waals surface area contributed by atoms with Gasteiger partial charge in [-0.05, 0) is 35.9 Å². The molecule has 0 fully saturated rings. The first-order chi connectivity index (χ1) is 13.1. The maximum Gasteiger partial charge on any atom is 0.255 e. The van der Waals surface area contributed by atoms with Crippen molar-refractivity contribution in [3.8, 4) is 0 Å². The topological polar surface area (TPSA) is 64.7 Å². The molecule has 1 N–H and O–H groups in total. The number of benzene rings is 2. The van der Waals surface area contributed by atoms with Crippen molar-refractivity contribution in [1.82, 2.24) is 19.1 Å². The highest BCUT2D eigenvalue weighted by molar-refractivity contribution is 6.05. The van der Waals surface area contributed by atoms with E-state index in [2.05, 4.69) is 26.8 Å². The summed E-state index contributed by atoms with van der Waals surface area (Å²) < 4.78 is 4.05. The number of rotatable bonds is 5. The SMILES string of the molecule is CCc1nc2cc(NC(=O)c3cccc(Cn4ccnc4)c3)ccc2n1C. The Kier molecular flexibility index (Phi) is 4.46. The smallest absolute Gasteiger partial charge is 0.255 e. The van der Waals surface area contributed by atoms with Gasteiger partial charge in [0.1, 0.15) is 5.82 Å². The third-order valence-corrected chi connectivity index (χ3v) is 4.66. The number of amides is 1. The molecule has 0 saturated carbocycles. The van der Waals surface area contributed by atoms with E-state index in [1.807, 2.05) is 60.3 Å². The number of hydrogen-bond donors (Lipinski definition) is 1.